The molecule has 4 rings (SSSR count). The van der Waals surface area contributed by atoms with Crippen molar-refractivity contribution >= 4 is 35.7 Å². The van der Waals surface area contributed by atoms with Crippen LogP contribution in [0.3, 0.4) is 0 Å². The molecule has 71 heavy (non-hydrogen) atoms. The van der Waals surface area contributed by atoms with Crippen molar-refractivity contribution in [2.24, 2.45) is 28.3 Å². The Morgan fingerprint density at radius 3 is 2.20 bits per heavy atom. The van der Waals surface area contributed by atoms with Gasteiger partial charge in [-0.2, -0.15) is 0 Å². The number of ether oxygens (including phenoxy) is 4. The number of hydrogen-bond donors (Lipinski definition) is 14. The van der Waals surface area contributed by atoms with Gasteiger partial charge in [0.15, 0.2) is 18.5 Å². The fraction of sp³-hybridized carbons (Fsp3) is 0.767. The van der Waals surface area contributed by atoms with Gasteiger partial charge in [0.2, 0.25) is 11.8 Å². The minimum absolute atomic E-state index is 0.0308. The molecule has 4 amide bonds. The molecule has 0 saturated carbocycles. The van der Waals surface area contributed by atoms with Gasteiger partial charge in [0.1, 0.15) is 66.9 Å². The number of nitrogens with one attached hydrogen (secondary N) is 6. The highest BCUT2D eigenvalue weighted by atomic mass is 16.7. The van der Waals surface area contributed by atoms with E-state index in [2.05, 4.69) is 31.6 Å². The highest BCUT2D eigenvalue weighted by Gasteiger charge is 2.55. The number of aliphatic imine (C=N–C) groups is 1. The zero-order valence-electron chi connectivity index (χ0n) is 40.7. The van der Waals surface area contributed by atoms with Crippen molar-refractivity contribution < 1.29 is 73.6 Å². The van der Waals surface area contributed by atoms with Gasteiger partial charge in [0, 0.05) is 45.6 Å². The summed E-state index contributed by atoms with van der Waals surface area (Å²) in [5.41, 5.74) is 9.96. The van der Waals surface area contributed by atoms with Crippen molar-refractivity contribution in [2.75, 3.05) is 39.8 Å². The third-order valence-electron chi connectivity index (χ3n) is 12.6. The molecule has 0 aliphatic carbocycles. The molecular formula is C43H73N11O17. The van der Waals surface area contributed by atoms with Crippen LogP contribution in [-0.2, 0) is 38.1 Å². The molecule has 15 atom stereocenters. The van der Waals surface area contributed by atoms with Crippen molar-refractivity contribution in [3.05, 3.63) is 33.1 Å². The third-order valence-corrected chi connectivity index (χ3v) is 12.6. The summed E-state index contributed by atoms with van der Waals surface area (Å²) in [5.74, 6) is -5.74. The minimum Gasteiger partial charge on any atom is -0.480 e. The lowest BCUT2D eigenvalue weighted by atomic mass is 9.96. The van der Waals surface area contributed by atoms with E-state index < -0.39 is 144 Å². The lowest BCUT2D eigenvalue weighted by Crippen LogP contribution is -2.66. The monoisotopic (exact) mass is 1020 g/mol. The number of urea groups is 1. The number of carboxylic acids is 2. The van der Waals surface area contributed by atoms with Gasteiger partial charge in [-0.3, -0.25) is 38.6 Å². The van der Waals surface area contributed by atoms with Gasteiger partial charge in [-0.05, 0) is 37.6 Å². The first-order valence-corrected chi connectivity index (χ1v) is 23.7. The van der Waals surface area contributed by atoms with Crippen LogP contribution in [0.25, 0.3) is 0 Å². The Morgan fingerprint density at radius 2 is 1.62 bits per heavy atom. The third kappa shape index (κ3) is 15.1. The maximum Gasteiger partial charge on any atom is 0.330 e. The number of carboxylic acid groups (broad SMARTS) is 2. The quantitative estimate of drug-likeness (QED) is 0.0367. The van der Waals surface area contributed by atoms with Gasteiger partial charge in [-0.1, -0.05) is 47.5 Å². The summed E-state index contributed by atoms with van der Waals surface area (Å²) in [6.07, 6.45) is -12.4. The number of nitrogens with zero attached hydrogens (tertiary/aromatic N) is 3. The van der Waals surface area contributed by atoms with Gasteiger partial charge in [-0.25, -0.2) is 14.4 Å². The second kappa shape index (κ2) is 26.9. The number of hydrogen-bond acceptors (Lipinski definition) is 20. The Balaban J connectivity index is 1.61. The Bertz CT molecular complexity index is 2090. The predicted molar refractivity (Wildman–Crippen MR) is 249 cm³/mol. The number of amides is 4. The van der Waals surface area contributed by atoms with Crippen molar-refractivity contribution in [1.29, 1.82) is 0 Å². The number of carbonyl (C=O) groups excluding carboxylic acids is 3. The molecule has 0 bridgehead atoms. The van der Waals surface area contributed by atoms with E-state index in [9.17, 15) is 64.2 Å². The molecule has 28 heteroatoms. The van der Waals surface area contributed by atoms with Gasteiger partial charge in [-0.15, -0.1) is 0 Å². The lowest BCUT2D eigenvalue weighted by molar-refractivity contribution is -0.238. The van der Waals surface area contributed by atoms with E-state index in [4.69, 9.17) is 30.4 Å². The summed E-state index contributed by atoms with van der Waals surface area (Å²) in [6, 6.07) is -7.02. The van der Waals surface area contributed by atoms with Gasteiger partial charge >= 0.3 is 23.7 Å². The smallest absolute Gasteiger partial charge is 0.330 e. The van der Waals surface area contributed by atoms with Crippen molar-refractivity contribution in [3.63, 3.8) is 0 Å². The van der Waals surface area contributed by atoms with E-state index in [1.165, 1.54) is 12.0 Å². The number of aromatic amines is 1. The molecule has 2 saturated heterocycles. The fourth-order valence-corrected chi connectivity index (χ4v) is 8.62. The maximum atomic E-state index is 14.1. The highest BCUT2D eigenvalue weighted by molar-refractivity contribution is 5.94. The van der Waals surface area contributed by atoms with E-state index in [1.807, 2.05) is 11.9 Å². The zero-order valence-corrected chi connectivity index (χ0v) is 40.7. The predicted octanol–water partition coefficient (Wildman–Crippen LogP) is -4.99. The second-order valence-electron chi connectivity index (χ2n) is 18.4. The molecule has 16 N–H and O–H groups in total. The van der Waals surface area contributed by atoms with Crippen LogP contribution in [0.4, 0.5) is 4.79 Å². The average molecular weight is 1020 g/mol. The molecule has 3 aliphatic heterocycles. The van der Waals surface area contributed by atoms with Gasteiger partial charge < -0.3 is 87.6 Å². The minimum atomic E-state index is -1.91. The number of nitrogens with two attached hydrogens (primary N) is 2. The Labute approximate surface area is 409 Å². The number of aromatic nitrogens is 2. The first kappa shape index (κ1) is 58.3. The molecule has 2 fully saturated rings. The van der Waals surface area contributed by atoms with Gasteiger partial charge in [0.25, 0.3) is 5.56 Å². The summed E-state index contributed by atoms with van der Waals surface area (Å²) < 4.78 is 24.5. The summed E-state index contributed by atoms with van der Waals surface area (Å²) in [7, 11) is 1.25. The normalized spacial score (nSPS) is 27.0. The Kier molecular flexibility index (Phi) is 22.1. The SMILES string of the molecule is CCCCCN(CCCNC(=O)C(NC(=O)C(NC(=O)NC(C(=O)O)C(C)C)C1CCN=C(N)N1)C(O)C(C)C)C(C(=O)O)C(OC1O[C@H](CN)[C@H](O)[C@@H]1OC)[C@H]1O[C@@H](n2ccc(=O)[nH]c2=O)[C@H](O)[C@H]1O. The summed E-state index contributed by atoms with van der Waals surface area (Å²) in [4.78, 5) is 98.8. The van der Waals surface area contributed by atoms with Crippen LogP contribution in [0, 0.1) is 11.8 Å². The first-order valence-electron chi connectivity index (χ1n) is 23.7. The molecule has 8 unspecified atom stereocenters. The second-order valence-corrected chi connectivity index (χ2v) is 18.4. The molecule has 28 nitrogen and oxygen atoms in total. The number of carbonyl (C=O) groups is 5. The number of guanidine groups is 1. The van der Waals surface area contributed by atoms with Crippen LogP contribution < -0.4 is 49.3 Å². The topological polar surface area (TPSA) is 426 Å². The largest absolute Gasteiger partial charge is 0.480 e. The Hall–Kier alpha value is -5.30. The summed E-state index contributed by atoms with van der Waals surface area (Å²) >= 11 is 0. The van der Waals surface area contributed by atoms with Crippen LogP contribution >= 0.6 is 0 Å². The van der Waals surface area contributed by atoms with E-state index in [0.717, 1.165) is 23.3 Å². The Morgan fingerprint density at radius 1 is 0.930 bits per heavy atom. The molecule has 1 aromatic rings. The highest BCUT2D eigenvalue weighted by Crippen LogP contribution is 2.36. The van der Waals surface area contributed by atoms with Crippen LogP contribution in [0.2, 0.25) is 0 Å². The number of aliphatic carboxylic acids is 2. The number of methoxy groups -OCH3 is 1. The summed E-state index contributed by atoms with van der Waals surface area (Å²) in [5, 5.41) is 78.5. The van der Waals surface area contributed by atoms with Crippen LogP contribution in [0.1, 0.15) is 73.0 Å². The van der Waals surface area contributed by atoms with Crippen LogP contribution in [-0.4, -0.2) is 206 Å². The fourth-order valence-electron chi connectivity index (χ4n) is 8.62. The van der Waals surface area contributed by atoms with E-state index >= 15 is 0 Å². The van der Waals surface area contributed by atoms with Crippen LogP contribution in [0.5, 0.6) is 0 Å². The molecule has 3 aliphatic rings. The van der Waals surface area contributed by atoms with E-state index in [-0.39, 0.29) is 51.5 Å². The first-order chi connectivity index (χ1) is 33.6. The zero-order chi connectivity index (χ0) is 52.9. The van der Waals surface area contributed by atoms with Crippen molar-refractivity contribution in [3.8, 4) is 0 Å². The molecule has 402 valence electrons. The van der Waals surface area contributed by atoms with E-state index in [1.54, 1.807) is 27.7 Å². The lowest BCUT2D eigenvalue weighted by Gasteiger charge is -2.39. The molecule has 0 aromatic carbocycles. The van der Waals surface area contributed by atoms with Crippen molar-refractivity contribution in [1.82, 2.24) is 41.0 Å². The number of aliphatic hydroxyl groups is 4. The number of H-pyrrole nitrogens is 1. The number of aliphatic hydroxyl groups excluding tert-OH is 4. The average Bonchev–Trinajstić information content (AvgIpc) is 3.78. The standard InChI is InChI=1S/C43H73N11O17/c1-7-8-9-15-53(27(39(64)65)32(71-40-34(68-6)29(57)22(18-44)69-40)33-30(58)31(59)37(70-33)54-17-12-23(55)49-43(54)67)16-10-13-46-35(60)26(28(56)20(4)5)50-36(61)25(21-11-14-47-41(45)48-21)52-42(66)51-24(19(2)3)38(62)63/h12,17,19-22,24-34,37,40,56-59H,7-11,13-16,18,44H2,1-6H3,(H,46,60)(H,50,61)(H,62,63)(H,64,65)(H3,45,47,48)(H,49,55,67)(H2,51,52,66)/t21?,22-,24?,25?,26?,27?,28?,29+,30-,31-,32?,33+,34+,37-,40?/m1/s1. The number of rotatable bonds is 27. The van der Waals surface area contributed by atoms with Crippen LogP contribution in [0.15, 0.2) is 26.8 Å². The molecule has 0 radical (unpaired) electrons. The van der Waals surface area contributed by atoms with E-state index in [0.29, 0.717) is 12.8 Å². The molecular weight excluding hydrogens is 943 g/mol. The maximum absolute atomic E-state index is 14.1. The molecule has 4 heterocycles. The van der Waals surface area contributed by atoms with Crippen molar-refractivity contribution in [2.45, 2.75) is 158 Å². The molecule has 1 aromatic heterocycles. The number of unbranched alkanes of at least 4 members (excludes halogenated alkanes) is 2. The van der Waals surface area contributed by atoms with Gasteiger partial charge in [0.05, 0.1) is 12.1 Å². The molecule has 0 spiro atoms. The summed E-state index contributed by atoms with van der Waals surface area (Å²) in [6.45, 7) is 8.11.